The lowest BCUT2D eigenvalue weighted by molar-refractivity contribution is 0.0949. The molecule has 146 valence electrons. The van der Waals surface area contributed by atoms with Crippen molar-refractivity contribution in [3.05, 3.63) is 82.3 Å². The number of aryl methyl sites for hydroxylation is 2. The van der Waals surface area contributed by atoms with Crippen LogP contribution in [0.15, 0.2) is 64.5 Å². The summed E-state index contributed by atoms with van der Waals surface area (Å²) < 4.78 is 6.88. The van der Waals surface area contributed by atoms with Gasteiger partial charge >= 0.3 is 0 Å². The Bertz CT molecular complexity index is 1230. The van der Waals surface area contributed by atoms with Crippen LogP contribution in [0.25, 0.3) is 22.3 Å². The Morgan fingerprint density at radius 3 is 2.76 bits per heavy atom. The fourth-order valence-corrected chi connectivity index (χ4v) is 3.15. The highest BCUT2D eigenvalue weighted by molar-refractivity contribution is 5.96. The monoisotopic (exact) mass is 388 g/mol. The van der Waals surface area contributed by atoms with Gasteiger partial charge in [0.05, 0.1) is 23.6 Å². The number of furan rings is 1. The molecular formula is C22H20N4O3. The minimum absolute atomic E-state index is 0.105. The van der Waals surface area contributed by atoms with Crippen LogP contribution in [0.3, 0.4) is 0 Å². The third-order valence-corrected chi connectivity index (χ3v) is 4.74. The van der Waals surface area contributed by atoms with Gasteiger partial charge in [-0.1, -0.05) is 6.07 Å². The number of aromatic nitrogens is 3. The topological polar surface area (TPSA) is 90.0 Å². The number of hydrogen-bond acceptors (Lipinski definition) is 5. The minimum Gasteiger partial charge on any atom is -0.472 e. The summed E-state index contributed by atoms with van der Waals surface area (Å²) in [5.74, 6) is -0.418. The Balaban J connectivity index is 1.55. The van der Waals surface area contributed by atoms with Gasteiger partial charge in [-0.05, 0) is 43.7 Å². The van der Waals surface area contributed by atoms with Gasteiger partial charge in [0.2, 0.25) is 5.43 Å². The fraction of sp³-hybridized carbons (Fsp3) is 0.182. The Morgan fingerprint density at radius 2 is 2.07 bits per heavy atom. The molecule has 1 N–H and O–H groups in total. The summed E-state index contributed by atoms with van der Waals surface area (Å²) >= 11 is 0. The smallest absolute Gasteiger partial charge is 0.257 e. The SMILES string of the molecule is CCn1cc(C(=O)NCc2ccc(-c3ccoc3)nc2)c(=O)c2ccc(C)nc21. The van der Waals surface area contributed by atoms with Gasteiger partial charge < -0.3 is 14.3 Å². The van der Waals surface area contributed by atoms with Crippen molar-refractivity contribution in [1.29, 1.82) is 0 Å². The van der Waals surface area contributed by atoms with Crippen molar-refractivity contribution in [2.24, 2.45) is 0 Å². The van der Waals surface area contributed by atoms with E-state index in [4.69, 9.17) is 4.42 Å². The van der Waals surface area contributed by atoms with Crippen LogP contribution in [0.5, 0.6) is 0 Å². The number of carbonyl (C=O) groups is 1. The van der Waals surface area contributed by atoms with Crippen LogP contribution in [0.4, 0.5) is 0 Å². The molecule has 0 saturated carbocycles. The predicted octanol–water partition coefficient (Wildman–Crippen LogP) is 3.31. The summed E-state index contributed by atoms with van der Waals surface area (Å²) in [4.78, 5) is 34.3. The van der Waals surface area contributed by atoms with E-state index in [0.29, 0.717) is 17.6 Å². The van der Waals surface area contributed by atoms with Crippen LogP contribution >= 0.6 is 0 Å². The Kier molecular flexibility index (Phi) is 4.95. The molecule has 4 aromatic heterocycles. The molecule has 0 spiro atoms. The van der Waals surface area contributed by atoms with Crippen LogP contribution in [0.1, 0.15) is 28.5 Å². The normalized spacial score (nSPS) is 11.0. The maximum Gasteiger partial charge on any atom is 0.257 e. The zero-order chi connectivity index (χ0) is 20.4. The highest BCUT2D eigenvalue weighted by atomic mass is 16.3. The quantitative estimate of drug-likeness (QED) is 0.566. The van der Waals surface area contributed by atoms with E-state index in [9.17, 15) is 9.59 Å². The van der Waals surface area contributed by atoms with Gasteiger partial charge in [0.25, 0.3) is 5.91 Å². The molecule has 4 aromatic rings. The molecule has 0 aliphatic heterocycles. The van der Waals surface area contributed by atoms with Gasteiger partial charge in [-0.15, -0.1) is 0 Å². The molecule has 0 fully saturated rings. The van der Waals surface area contributed by atoms with Gasteiger partial charge in [-0.2, -0.15) is 0 Å². The molecule has 0 saturated heterocycles. The second kappa shape index (κ2) is 7.71. The van der Waals surface area contributed by atoms with E-state index < -0.39 is 5.91 Å². The number of carbonyl (C=O) groups excluding carboxylic acids is 1. The van der Waals surface area contributed by atoms with E-state index in [0.717, 1.165) is 22.5 Å². The van der Waals surface area contributed by atoms with E-state index in [-0.39, 0.29) is 17.5 Å². The molecular weight excluding hydrogens is 368 g/mol. The Morgan fingerprint density at radius 1 is 1.21 bits per heavy atom. The maximum atomic E-state index is 12.8. The summed E-state index contributed by atoms with van der Waals surface area (Å²) in [5.41, 5.74) is 3.71. The van der Waals surface area contributed by atoms with Crippen LogP contribution in [0.2, 0.25) is 0 Å². The summed E-state index contributed by atoms with van der Waals surface area (Å²) in [6.45, 7) is 4.69. The number of nitrogens with one attached hydrogen (secondary N) is 1. The molecule has 0 aliphatic carbocycles. The molecule has 0 atom stereocenters. The second-order valence-corrected chi connectivity index (χ2v) is 6.73. The van der Waals surface area contributed by atoms with Gasteiger partial charge in [-0.25, -0.2) is 4.98 Å². The molecule has 0 aliphatic rings. The molecule has 1 amide bonds. The number of hydrogen-bond donors (Lipinski definition) is 1. The highest BCUT2D eigenvalue weighted by Gasteiger charge is 2.16. The molecule has 0 unspecified atom stereocenters. The summed E-state index contributed by atoms with van der Waals surface area (Å²) in [5, 5.41) is 3.25. The van der Waals surface area contributed by atoms with Crippen LogP contribution in [-0.4, -0.2) is 20.4 Å². The maximum absolute atomic E-state index is 12.8. The first-order valence-corrected chi connectivity index (χ1v) is 9.33. The zero-order valence-electron chi connectivity index (χ0n) is 16.2. The van der Waals surface area contributed by atoms with Crippen molar-refractivity contribution in [2.75, 3.05) is 0 Å². The molecule has 0 radical (unpaired) electrons. The second-order valence-electron chi connectivity index (χ2n) is 6.73. The first kappa shape index (κ1) is 18.6. The lowest BCUT2D eigenvalue weighted by atomic mass is 10.1. The van der Waals surface area contributed by atoms with Crippen molar-refractivity contribution in [1.82, 2.24) is 19.9 Å². The standard InChI is InChI=1S/C22H20N4O3/c1-3-26-12-18(20(27)17-6-4-14(2)25-21(17)26)22(28)24-11-15-5-7-19(23-10-15)16-8-9-29-13-16/h4-10,12-13H,3,11H2,1-2H3,(H,24,28). The van der Waals surface area contributed by atoms with Crippen LogP contribution in [0, 0.1) is 6.92 Å². The van der Waals surface area contributed by atoms with Crippen LogP contribution in [-0.2, 0) is 13.1 Å². The van der Waals surface area contributed by atoms with E-state index in [1.165, 1.54) is 0 Å². The third-order valence-electron chi connectivity index (χ3n) is 4.74. The average Bonchev–Trinajstić information content (AvgIpc) is 3.27. The summed E-state index contributed by atoms with van der Waals surface area (Å²) in [6, 6.07) is 9.08. The number of amides is 1. The number of pyridine rings is 3. The van der Waals surface area contributed by atoms with Crippen molar-refractivity contribution in [3.8, 4) is 11.3 Å². The lowest BCUT2D eigenvalue weighted by Gasteiger charge is -2.11. The lowest BCUT2D eigenvalue weighted by Crippen LogP contribution is -2.29. The average molecular weight is 388 g/mol. The van der Waals surface area contributed by atoms with E-state index in [1.54, 1.807) is 37.1 Å². The summed E-state index contributed by atoms with van der Waals surface area (Å²) in [7, 11) is 0. The molecule has 7 nitrogen and oxygen atoms in total. The molecule has 29 heavy (non-hydrogen) atoms. The highest BCUT2D eigenvalue weighted by Crippen LogP contribution is 2.17. The third kappa shape index (κ3) is 3.67. The van der Waals surface area contributed by atoms with Crippen LogP contribution < -0.4 is 10.7 Å². The molecule has 4 heterocycles. The first-order valence-electron chi connectivity index (χ1n) is 9.33. The largest absolute Gasteiger partial charge is 0.472 e. The number of fused-ring (bicyclic) bond motifs is 1. The zero-order valence-corrected chi connectivity index (χ0v) is 16.2. The van der Waals surface area contributed by atoms with Gasteiger partial charge in [0, 0.05) is 36.7 Å². The first-order chi connectivity index (χ1) is 14.1. The van der Waals surface area contributed by atoms with Crippen molar-refractivity contribution in [2.45, 2.75) is 26.9 Å². The predicted molar refractivity (Wildman–Crippen MR) is 110 cm³/mol. The van der Waals surface area contributed by atoms with Gasteiger partial charge in [-0.3, -0.25) is 14.6 Å². The van der Waals surface area contributed by atoms with E-state index in [1.807, 2.05) is 36.6 Å². The minimum atomic E-state index is -0.418. The fourth-order valence-electron chi connectivity index (χ4n) is 3.15. The Labute approximate surface area is 167 Å². The summed E-state index contributed by atoms with van der Waals surface area (Å²) in [6.07, 6.45) is 6.49. The van der Waals surface area contributed by atoms with Crippen molar-refractivity contribution in [3.63, 3.8) is 0 Å². The molecule has 7 heteroatoms. The van der Waals surface area contributed by atoms with E-state index in [2.05, 4.69) is 15.3 Å². The van der Waals surface area contributed by atoms with Gasteiger partial charge in [0.15, 0.2) is 0 Å². The number of nitrogens with zero attached hydrogens (tertiary/aromatic N) is 3. The molecule has 0 aromatic carbocycles. The van der Waals surface area contributed by atoms with Gasteiger partial charge in [0.1, 0.15) is 11.2 Å². The molecule has 4 rings (SSSR count). The van der Waals surface area contributed by atoms with E-state index >= 15 is 0 Å². The number of rotatable bonds is 5. The van der Waals surface area contributed by atoms with Crippen molar-refractivity contribution >= 4 is 16.9 Å². The van der Waals surface area contributed by atoms with Crippen molar-refractivity contribution < 1.29 is 9.21 Å². The Hall–Kier alpha value is -3.74. The molecule has 0 bridgehead atoms.